The molecule has 0 aliphatic heterocycles. The van der Waals surface area contributed by atoms with Gasteiger partial charge in [0.1, 0.15) is 10.9 Å². The van der Waals surface area contributed by atoms with Crippen LogP contribution in [0.2, 0.25) is 0 Å². The van der Waals surface area contributed by atoms with Gasteiger partial charge in [-0.15, -0.1) is 46.4 Å². The van der Waals surface area contributed by atoms with Gasteiger partial charge in [-0.25, -0.2) is 15.0 Å². The molecule has 0 radical (unpaired) electrons. The molecule has 0 spiro atoms. The maximum atomic E-state index is 12.9. The lowest BCUT2D eigenvalue weighted by atomic mass is 9.84. The van der Waals surface area contributed by atoms with Gasteiger partial charge in [0, 0.05) is 28.4 Å². The number of benzene rings is 2. The van der Waals surface area contributed by atoms with Gasteiger partial charge in [-0.05, 0) is 29.7 Å². The minimum absolute atomic E-state index is 0. The van der Waals surface area contributed by atoms with Crippen molar-refractivity contribution in [3.63, 3.8) is 0 Å². The number of carbonyl (C=O) groups is 3. The topological polar surface area (TPSA) is 238 Å². The van der Waals surface area contributed by atoms with Crippen LogP contribution < -0.4 is 33.6 Å². The Bertz CT molecular complexity index is 1850. The number of rotatable bonds is 15. The van der Waals surface area contributed by atoms with E-state index < -0.39 is 29.4 Å². The summed E-state index contributed by atoms with van der Waals surface area (Å²) in [4.78, 5) is 50.5. The van der Waals surface area contributed by atoms with Gasteiger partial charge >= 0.3 is 0 Å². The number of amides is 3. The van der Waals surface area contributed by atoms with Crippen molar-refractivity contribution in [2.24, 2.45) is 11.5 Å². The Labute approximate surface area is 294 Å². The van der Waals surface area contributed by atoms with Crippen molar-refractivity contribution >= 4 is 80.1 Å². The summed E-state index contributed by atoms with van der Waals surface area (Å²) in [5, 5.41) is 23.3. The van der Waals surface area contributed by atoms with E-state index in [0.717, 1.165) is 11.1 Å². The van der Waals surface area contributed by atoms with E-state index in [4.69, 9.17) is 22.9 Å². The number of aliphatic hydroxyl groups is 1. The normalized spacial score (nSPS) is 13.5. The Hall–Kier alpha value is -4.45. The Kier molecular flexibility index (Phi) is 12.2. The number of thiazole rings is 3. The number of nitrogens with zero attached hydrogens (tertiary/aromatic N) is 3. The second-order valence-corrected chi connectivity index (χ2v) is 13.5. The quantitative estimate of drug-likeness (QED) is 0.0832. The van der Waals surface area contributed by atoms with E-state index in [1.807, 2.05) is 42.5 Å². The van der Waals surface area contributed by atoms with E-state index in [0.29, 0.717) is 44.5 Å². The first-order chi connectivity index (χ1) is 22.5. The van der Waals surface area contributed by atoms with Crippen LogP contribution in [0.5, 0.6) is 0 Å². The van der Waals surface area contributed by atoms with Crippen molar-refractivity contribution in [1.29, 1.82) is 0 Å². The van der Waals surface area contributed by atoms with Gasteiger partial charge in [0.05, 0.1) is 41.6 Å². The van der Waals surface area contributed by atoms with Crippen LogP contribution in [0, 0.1) is 0 Å². The third-order valence-corrected chi connectivity index (χ3v) is 9.65. The smallest absolute Gasteiger partial charge is 0.233 e. The van der Waals surface area contributed by atoms with Crippen LogP contribution in [0.25, 0.3) is 0 Å². The molecule has 0 aliphatic rings. The summed E-state index contributed by atoms with van der Waals surface area (Å²) in [6, 6.07) is 16.3. The van der Waals surface area contributed by atoms with E-state index in [1.165, 1.54) is 34.0 Å². The number of primary amides is 2. The van der Waals surface area contributed by atoms with Crippen molar-refractivity contribution in [2.45, 2.75) is 36.8 Å². The molecule has 0 unspecified atom stereocenters. The molecule has 5 rings (SSSR count). The van der Waals surface area contributed by atoms with Gasteiger partial charge in [-0.3, -0.25) is 14.4 Å². The zero-order valence-electron chi connectivity index (χ0n) is 25.4. The van der Waals surface area contributed by atoms with E-state index >= 15 is 0 Å². The van der Waals surface area contributed by atoms with Gasteiger partial charge in [0.2, 0.25) is 17.7 Å². The van der Waals surface area contributed by atoms with E-state index in [1.54, 1.807) is 28.3 Å². The summed E-state index contributed by atoms with van der Waals surface area (Å²) in [5.74, 6) is -2.32. The SMILES string of the molecule is Cl.NC(=O)C[C@@](Cc1ccc(NC(=O)Cc2csc([C@@H](C(N)=O)c3csc(N)n3)n2)cc1)(NC[C@H](O)c1ccccc1)c1csc(N)n1. The van der Waals surface area contributed by atoms with Gasteiger partial charge in [-0.1, -0.05) is 42.5 Å². The number of halogens is 1. The Morgan fingerprint density at radius 1 is 0.875 bits per heavy atom. The van der Waals surface area contributed by atoms with Crippen molar-refractivity contribution in [3.05, 3.63) is 104 Å². The fourth-order valence-corrected chi connectivity index (χ4v) is 7.32. The Morgan fingerprint density at radius 2 is 1.56 bits per heavy atom. The highest BCUT2D eigenvalue weighted by atomic mass is 35.5. The van der Waals surface area contributed by atoms with Crippen molar-refractivity contribution in [1.82, 2.24) is 20.3 Å². The molecule has 48 heavy (non-hydrogen) atoms. The molecule has 13 nitrogen and oxygen atoms in total. The summed E-state index contributed by atoms with van der Waals surface area (Å²) in [6.45, 7) is 0.124. The van der Waals surface area contributed by atoms with Crippen LogP contribution >= 0.6 is 46.4 Å². The van der Waals surface area contributed by atoms with E-state index in [9.17, 15) is 19.5 Å². The van der Waals surface area contributed by atoms with Crippen LogP contribution in [0.1, 0.15) is 51.7 Å². The molecule has 3 aromatic heterocycles. The minimum Gasteiger partial charge on any atom is -0.387 e. The van der Waals surface area contributed by atoms with Crippen molar-refractivity contribution < 1.29 is 19.5 Å². The number of hydrogen-bond acceptors (Lipinski definition) is 13. The van der Waals surface area contributed by atoms with Crippen LogP contribution in [0.4, 0.5) is 16.0 Å². The number of nitrogen functional groups attached to an aromatic ring is 2. The zero-order chi connectivity index (χ0) is 33.6. The predicted octanol–water partition coefficient (Wildman–Crippen LogP) is 3.08. The molecular formula is C31H34ClN9O4S3. The second-order valence-electron chi connectivity index (χ2n) is 10.8. The van der Waals surface area contributed by atoms with Gasteiger partial charge in [0.25, 0.3) is 0 Å². The average molecular weight is 728 g/mol. The number of nitrogens with one attached hydrogen (secondary N) is 2. The first-order valence-electron chi connectivity index (χ1n) is 14.3. The summed E-state index contributed by atoms with van der Waals surface area (Å²) in [7, 11) is 0. The maximum Gasteiger partial charge on any atom is 0.233 e. The largest absolute Gasteiger partial charge is 0.387 e. The average Bonchev–Trinajstić information content (AvgIpc) is 3.79. The molecule has 3 atom stereocenters. The summed E-state index contributed by atoms with van der Waals surface area (Å²) in [6.07, 6.45) is -0.678. The summed E-state index contributed by atoms with van der Waals surface area (Å²) < 4.78 is 0. The minimum atomic E-state index is -1.06. The first kappa shape index (κ1) is 36.4. The molecule has 252 valence electrons. The van der Waals surface area contributed by atoms with Gasteiger partial charge < -0.3 is 38.7 Å². The highest BCUT2D eigenvalue weighted by molar-refractivity contribution is 7.13. The zero-order valence-corrected chi connectivity index (χ0v) is 28.6. The van der Waals surface area contributed by atoms with E-state index in [2.05, 4.69) is 25.6 Å². The van der Waals surface area contributed by atoms with Gasteiger partial charge in [0.15, 0.2) is 10.3 Å². The molecule has 3 heterocycles. The third-order valence-electron chi connectivity index (χ3n) is 7.33. The van der Waals surface area contributed by atoms with Crippen LogP contribution in [0.3, 0.4) is 0 Å². The summed E-state index contributed by atoms with van der Waals surface area (Å²) in [5.41, 5.74) is 25.5. The standard InChI is InChI=1S/C31H33N9O4S3.ClH/c32-24(42)12-31(23-16-47-30(35)40-23,36-13-22(41)18-4-2-1-3-5-18)11-17-6-8-19(9-7-17)37-25(43)10-20-14-45-28(38-20)26(27(33)44)21-15-46-29(34)39-21;/h1-9,14-16,22,26,36,41H,10-13H2,(H2,32,42)(H2,33,44)(H2,34,39)(H2,35,40)(H,37,43);1H/t22-,26+,31+;/m0./s1. The van der Waals surface area contributed by atoms with Crippen LogP contribution in [-0.2, 0) is 32.8 Å². The molecule has 3 amide bonds. The molecule has 0 aliphatic carbocycles. The molecule has 11 N–H and O–H groups in total. The number of aromatic nitrogens is 3. The Morgan fingerprint density at radius 3 is 2.17 bits per heavy atom. The predicted molar refractivity (Wildman–Crippen MR) is 191 cm³/mol. The fraction of sp³-hybridized carbons (Fsp3) is 0.226. The molecule has 2 aromatic carbocycles. The number of nitrogens with two attached hydrogens (primary N) is 4. The van der Waals surface area contributed by atoms with Crippen molar-refractivity contribution in [2.75, 3.05) is 23.3 Å². The molecule has 0 saturated heterocycles. The number of hydrogen-bond donors (Lipinski definition) is 7. The number of aliphatic hydroxyl groups excluding tert-OH is 1. The Balaban J connectivity index is 0.00000520. The number of carbonyl (C=O) groups excluding carboxylic acids is 3. The van der Waals surface area contributed by atoms with Crippen molar-refractivity contribution in [3.8, 4) is 0 Å². The monoisotopic (exact) mass is 727 g/mol. The molecule has 0 bridgehead atoms. The highest BCUT2D eigenvalue weighted by Crippen LogP contribution is 2.33. The lowest BCUT2D eigenvalue weighted by molar-refractivity contribution is -0.120. The lowest BCUT2D eigenvalue weighted by Crippen LogP contribution is -2.49. The molecular weight excluding hydrogens is 694 g/mol. The second kappa shape index (κ2) is 16.1. The third kappa shape index (κ3) is 9.12. The summed E-state index contributed by atoms with van der Waals surface area (Å²) >= 11 is 3.66. The highest BCUT2D eigenvalue weighted by Gasteiger charge is 2.37. The first-order valence-corrected chi connectivity index (χ1v) is 17.0. The molecule has 0 fully saturated rings. The molecule has 17 heteroatoms. The fourth-order valence-electron chi connectivity index (χ4n) is 5.14. The van der Waals surface area contributed by atoms with Crippen LogP contribution in [0.15, 0.2) is 70.7 Å². The van der Waals surface area contributed by atoms with Gasteiger partial charge in [-0.2, -0.15) is 0 Å². The van der Waals surface area contributed by atoms with E-state index in [-0.39, 0.29) is 37.7 Å². The lowest BCUT2D eigenvalue weighted by Gasteiger charge is -2.34. The maximum absolute atomic E-state index is 12.9. The van der Waals surface area contributed by atoms with Crippen LogP contribution in [-0.4, -0.2) is 44.3 Å². The number of anilines is 3. The molecule has 5 aromatic rings. The molecule has 0 saturated carbocycles.